The molecule has 0 aromatic carbocycles. The normalized spacial score (nSPS) is 16.9. The molecule has 7 heteroatoms. The minimum absolute atomic E-state index is 0.155. The number of halogens is 1. The van der Waals surface area contributed by atoms with Gasteiger partial charge < -0.3 is 11.1 Å². The Kier molecular flexibility index (Phi) is 4.75. The van der Waals surface area contributed by atoms with Crippen LogP contribution in [0.4, 0.5) is 5.00 Å². The maximum absolute atomic E-state index is 12.3. The minimum Gasteiger partial charge on any atom is -0.365 e. The lowest BCUT2D eigenvalue weighted by atomic mass is 9.88. The lowest BCUT2D eigenvalue weighted by molar-refractivity contribution is -0.115. The molecule has 0 saturated carbocycles. The molecule has 2 aromatic rings. The topological polar surface area (TPSA) is 72.2 Å². The molecule has 3 rings (SSSR count). The summed E-state index contributed by atoms with van der Waals surface area (Å²) < 4.78 is 0.659. The van der Waals surface area contributed by atoms with Gasteiger partial charge in [0.2, 0.25) is 5.91 Å². The van der Waals surface area contributed by atoms with Gasteiger partial charge in [0.25, 0.3) is 5.91 Å². The third kappa shape index (κ3) is 3.59. The fourth-order valence-electron chi connectivity index (χ4n) is 2.88. The lowest BCUT2D eigenvalue weighted by Gasteiger charge is -2.18. The average Bonchev–Trinajstić information content (AvgIpc) is 3.01. The molecule has 2 aromatic heterocycles. The van der Waals surface area contributed by atoms with E-state index in [1.807, 2.05) is 6.07 Å². The highest BCUT2D eigenvalue weighted by atomic mass is 35.5. The summed E-state index contributed by atoms with van der Waals surface area (Å²) in [5, 5.41) is 3.45. The molecule has 3 N–H and O–H groups in total. The molecule has 23 heavy (non-hydrogen) atoms. The highest BCUT2D eigenvalue weighted by Gasteiger charge is 2.27. The van der Waals surface area contributed by atoms with E-state index in [9.17, 15) is 9.59 Å². The maximum Gasteiger partial charge on any atom is 0.251 e. The Balaban J connectivity index is 1.82. The number of primary amides is 1. The van der Waals surface area contributed by atoms with Gasteiger partial charge in [0, 0.05) is 9.75 Å². The zero-order valence-corrected chi connectivity index (χ0v) is 15.0. The van der Waals surface area contributed by atoms with Crippen molar-refractivity contribution in [2.75, 3.05) is 5.32 Å². The third-order valence-electron chi connectivity index (χ3n) is 3.97. The number of nitrogens with two attached hydrogens (primary N) is 1. The quantitative estimate of drug-likeness (QED) is 0.859. The van der Waals surface area contributed by atoms with Crippen LogP contribution in [0.1, 0.15) is 39.0 Å². The first kappa shape index (κ1) is 16.5. The number of carbonyl (C=O) groups excluding carboxylic acids is 2. The Morgan fingerprint density at radius 1 is 1.39 bits per heavy atom. The van der Waals surface area contributed by atoms with Gasteiger partial charge in [-0.15, -0.1) is 22.7 Å². The molecule has 122 valence electrons. The second kappa shape index (κ2) is 6.63. The molecule has 0 spiro atoms. The molecule has 0 saturated heterocycles. The van der Waals surface area contributed by atoms with E-state index >= 15 is 0 Å². The van der Waals surface area contributed by atoms with Crippen LogP contribution in [0.5, 0.6) is 0 Å². The molecule has 1 aliphatic rings. The Hall–Kier alpha value is -1.37. The van der Waals surface area contributed by atoms with Gasteiger partial charge >= 0.3 is 0 Å². The van der Waals surface area contributed by atoms with Crippen molar-refractivity contribution in [1.82, 2.24) is 0 Å². The van der Waals surface area contributed by atoms with Gasteiger partial charge in [-0.05, 0) is 42.9 Å². The summed E-state index contributed by atoms with van der Waals surface area (Å²) in [6, 6.07) is 3.61. The first-order valence-electron chi connectivity index (χ1n) is 7.42. The predicted molar refractivity (Wildman–Crippen MR) is 95.7 cm³/mol. The second-order valence-corrected chi connectivity index (χ2v) is 8.76. The summed E-state index contributed by atoms with van der Waals surface area (Å²) in [6.07, 6.45) is 3.08. The number of thiophene rings is 2. The van der Waals surface area contributed by atoms with Crippen LogP contribution in [0, 0.1) is 5.92 Å². The molecule has 0 unspecified atom stereocenters. The number of rotatable bonds is 4. The first-order valence-corrected chi connectivity index (χ1v) is 9.43. The molecule has 0 radical (unpaired) electrons. The summed E-state index contributed by atoms with van der Waals surface area (Å²) in [6.45, 7) is 2.20. The van der Waals surface area contributed by atoms with Crippen LogP contribution in [0.3, 0.4) is 0 Å². The summed E-state index contributed by atoms with van der Waals surface area (Å²) in [5.74, 6) is -0.0251. The van der Waals surface area contributed by atoms with Gasteiger partial charge in [0.05, 0.1) is 16.3 Å². The van der Waals surface area contributed by atoms with Crippen molar-refractivity contribution >= 4 is 51.1 Å². The van der Waals surface area contributed by atoms with E-state index in [0.29, 0.717) is 20.8 Å². The number of carbonyl (C=O) groups is 2. The van der Waals surface area contributed by atoms with Gasteiger partial charge in [-0.25, -0.2) is 0 Å². The SMILES string of the molecule is C[C@@H]1CCc2c(sc(NC(=O)Cc3ccc(Cl)s3)c2C(N)=O)C1. The molecule has 1 aliphatic carbocycles. The van der Waals surface area contributed by atoms with Crippen molar-refractivity contribution < 1.29 is 9.59 Å². The molecule has 4 nitrogen and oxygen atoms in total. The summed E-state index contributed by atoms with van der Waals surface area (Å²) in [5.41, 5.74) is 7.07. The predicted octanol–water partition coefficient (Wildman–Crippen LogP) is 3.87. The molecular weight excluding hydrogens is 352 g/mol. The molecule has 0 aliphatic heterocycles. The fourth-order valence-corrected chi connectivity index (χ4v) is 5.39. The smallest absolute Gasteiger partial charge is 0.251 e. The van der Waals surface area contributed by atoms with Crippen molar-refractivity contribution in [3.05, 3.63) is 37.4 Å². The zero-order valence-electron chi connectivity index (χ0n) is 12.6. The van der Waals surface area contributed by atoms with Gasteiger partial charge in [-0.2, -0.15) is 0 Å². The van der Waals surface area contributed by atoms with E-state index in [2.05, 4.69) is 12.2 Å². The van der Waals surface area contributed by atoms with Crippen molar-refractivity contribution in [2.45, 2.75) is 32.6 Å². The number of anilines is 1. The van der Waals surface area contributed by atoms with Crippen molar-refractivity contribution in [3.63, 3.8) is 0 Å². The molecule has 2 amide bonds. The van der Waals surface area contributed by atoms with Gasteiger partial charge in [-0.1, -0.05) is 18.5 Å². The monoisotopic (exact) mass is 368 g/mol. The Bertz CT molecular complexity index is 766. The van der Waals surface area contributed by atoms with E-state index in [-0.39, 0.29) is 12.3 Å². The van der Waals surface area contributed by atoms with Crippen LogP contribution in [-0.4, -0.2) is 11.8 Å². The van der Waals surface area contributed by atoms with Gasteiger partial charge in [0.15, 0.2) is 0 Å². The lowest BCUT2D eigenvalue weighted by Crippen LogP contribution is -2.20. The van der Waals surface area contributed by atoms with Gasteiger partial charge in [-0.3, -0.25) is 9.59 Å². The zero-order chi connectivity index (χ0) is 16.6. The first-order chi connectivity index (χ1) is 10.9. The standard InChI is InChI=1S/C16H17ClN2O2S2/c1-8-2-4-10-11(6-8)23-16(14(10)15(18)21)19-13(20)7-9-3-5-12(17)22-9/h3,5,8H,2,4,6-7H2,1H3,(H2,18,21)(H,19,20)/t8-/m1/s1. The number of hydrogen-bond donors (Lipinski definition) is 2. The largest absolute Gasteiger partial charge is 0.365 e. The third-order valence-corrected chi connectivity index (χ3v) is 6.38. The highest BCUT2D eigenvalue weighted by Crippen LogP contribution is 2.39. The van der Waals surface area contributed by atoms with E-state index in [0.717, 1.165) is 29.7 Å². The molecule has 1 atom stereocenters. The number of amides is 2. The van der Waals surface area contributed by atoms with Crippen LogP contribution in [-0.2, 0) is 24.1 Å². The molecule has 0 bridgehead atoms. The Morgan fingerprint density at radius 3 is 2.83 bits per heavy atom. The van der Waals surface area contributed by atoms with Crippen LogP contribution in [0.2, 0.25) is 4.34 Å². The number of fused-ring (bicyclic) bond motifs is 1. The van der Waals surface area contributed by atoms with Crippen molar-refractivity contribution in [1.29, 1.82) is 0 Å². The van der Waals surface area contributed by atoms with E-state index in [4.69, 9.17) is 17.3 Å². The fraction of sp³-hybridized carbons (Fsp3) is 0.375. The summed E-state index contributed by atoms with van der Waals surface area (Å²) in [4.78, 5) is 26.2. The Morgan fingerprint density at radius 2 is 2.17 bits per heavy atom. The number of hydrogen-bond acceptors (Lipinski definition) is 4. The van der Waals surface area contributed by atoms with Crippen molar-refractivity contribution in [2.24, 2.45) is 11.7 Å². The molecular formula is C16H17ClN2O2S2. The van der Waals surface area contributed by atoms with E-state index < -0.39 is 5.91 Å². The van der Waals surface area contributed by atoms with Crippen LogP contribution >= 0.6 is 34.3 Å². The Labute approximate surface area is 147 Å². The minimum atomic E-state index is -0.466. The van der Waals surface area contributed by atoms with Gasteiger partial charge in [0.1, 0.15) is 5.00 Å². The average molecular weight is 369 g/mol. The highest BCUT2D eigenvalue weighted by molar-refractivity contribution is 7.17. The number of nitrogens with one attached hydrogen (secondary N) is 1. The van der Waals surface area contributed by atoms with Crippen LogP contribution in [0.25, 0.3) is 0 Å². The van der Waals surface area contributed by atoms with E-state index in [1.165, 1.54) is 27.6 Å². The molecule has 0 fully saturated rings. The van der Waals surface area contributed by atoms with Crippen molar-refractivity contribution in [3.8, 4) is 0 Å². The maximum atomic E-state index is 12.3. The molecule has 2 heterocycles. The van der Waals surface area contributed by atoms with E-state index in [1.54, 1.807) is 6.07 Å². The van der Waals surface area contributed by atoms with Crippen LogP contribution < -0.4 is 11.1 Å². The van der Waals surface area contributed by atoms with Crippen LogP contribution in [0.15, 0.2) is 12.1 Å². The summed E-state index contributed by atoms with van der Waals surface area (Å²) >= 11 is 8.74. The summed E-state index contributed by atoms with van der Waals surface area (Å²) in [7, 11) is 0. The second-order valence-electron chi connectivity index (χ2n) is 5.85.